The average molecular weight is 312 g/mol. The third-order valence-corrected chi connectivity index (χ3v) is 4.29. The van der Waals surface area contributed by atoms with Crippen molar-refractivity contribution in [2.75, 3.05) is 20.0 Å². The number of aromatic nitrogens is 1. The Morgan fingerprint density at radius 2 is 1.50 bits per heavy atom. The molecule has 0 aliphatic carbocycles. The van der Waals surface area contributed by atoms with E-state index in [0.29, 0.717) is 5.13 Å². The van der Waals surface area contributed by atoms with Crippen molar-refractivity contribution < 1.29 is 9.47 Å². The lowest BCUT2D eigenvalue weighted by molar-refractivity contribution is 0.355. The largest absolute Gasteiger partial charge is 0.493 e. The SMILES string of the molecule is COc1ccc(-c2ccc(-c3cnc(N)s3)cc2)cc1OC. The van der Waals surface area contributed by atoms with Crippen LogP contribution < -0.4 is 15.2 Å². The number of thiazole rings is 1. The Morgan fingerprint density at radius 1 is 0.864 bits per heavy atom. The van der Waals surface area contributed by atoms with Crippen molar-refractivity contribution in [2.24, 2.45) is 0 Å². The molecule has 0 aliphatic rings. The van der Waals surface area contributed by atoms with E-state index in [4.69, 9.17) is 15.2 Å². The van der Waals surface area contributed by atoms with Crippen LogP contribution in [-0.2, 0) is 0 Å². The van der Waals surface area contributed by atoms with Crippen molar-refractivity contribution in [1.82, 2.24) is 4.98 Å². The number of hydrogen-bond acceptors (Lipinski definition) is 5. The lowest BCUT2D eigenvalue weighted by Crippen LogP contribution is -1.90. The van der Waals surface area contributed by atoms with Crippen LogP contribution >= 0.6 is 11.3 Å². The van der Waals surface area contributed by atoms with Crippen molar-refractivity contribution in [3.05, 3.63) is 48.7 Å². The highest BCUT2D eigenvalue weighted by atomic mass is 32.1. The second-order valence-corrected chi connectivity index (χ2v) is 5.77. The van der Waals surface area contributed by atoms with Crippen LogP contribution in [0.25, 0.3) is 21.6 Å². The topological polar surface area (TPSA) is 57.4 Å². The van der Waals surface area contributed by atoms with Gasteiger partial charge < -0.3 is 15.2 Å². The van der Waals surface area contributed by atoms with Crippen LogP contribution in [0.1, 0.15) is 0 Å². The summed E-state index contributed by atoms with van der Waals surface area (Å²) in [7, 11) is 3.27. The Hall–Kier alpha value is -2.53. The first-order chi connectivity index (χ1) is 10.7. The molecular weight excluding hydrogens is 296 g/mol. The molecule has 2 aromatic carbocycles. The summed E-state index contributed by atoms with van der Waals surface area (Å²) < 4.78 is 10.6. The number of nitrogen functional groups attached to an aromatic ring is 1. The molecule has 0 saturated heterocycles. The van der Waals surface area contributed by atoms with Gasteiger partial charge in [-0.05, 0) is 28.8 Å². The molecule has 0 radical (unpaired) electrons. The Morgan fingerprint density at radius 3 is 2.09 bits per heavy atom. The van der Waals surface area contributed by atoms with Gasteiger partial charge in [-0.1, -0.05) is 41.7 Å². The molecule has 3 aromatic rings. The first-order valence-electron chi connectivity index (χ1n) is 6.75. The standard InChI is InChI=1S/C17H16N2O2S/c1-20-14-8-7-13(9-15(14)21-2)11-3-5-12(6-4-11)16-10-19-17(18)22-16/h3-10H,1-2H3,(H2,18,19). The van der Waals surface area contributed by atoms with Gasteiger partial charge in [0.1, 0.15) is 0 Å². The Balaban J connectivity index is 1.92. The molecule has 5 heteroatoms. The van der Waals surface area contributed by atoms with E-state index in [1.54, 1.807) is 20.4 Å². The van der Waals surface area contributed by atoms with Gasteiger partial charge in [-0.2, -0.15) is 0 Å². The molecule has 0 spiro atoms. The number of methoxy groups -OCH3 is 2. The quantitative estimate of drug-likeness (QED) is 0.788. The fourth-order valence-electron chi connectivity index (χ4n) is 2.26. The first kappa shape index (κ1) is 14.4. The van der Waals surface area contributed by atoms with Gasteiger partial charge in [0.2, 0.25) is 0 Å². The number of hydrogen-bond donors (Lipinski definition) is 1. The van der Waals surface area contributed by atoms with E-state index in [9.17, 15) is 0 Å². The highest BCUT2D eigenvalue weighted by molar-refractivity contribution is 7.18. The summed E-state index contributed by atoms with van der Waals surface area (Å²) in [6.07, 6.45) is 1.80. The van der Waals surface area contributed by atoms with Gasteiger partial charge in [-0.25, -0.2) is 4.98 Å². The normalized spacial score (nSPS) is 10.5. The highest BCUT2D eigenvalue weighted by Gasteiger charge is 2.07. The van der Waals surface area contributed by atoms with Crippen LogP contribution in [0.15, 0.2) is 48.7 Å². The van der Waals surface area contributed by atoms with Crippen LogP contribution in [-0.4, -0.2) is 19.2 Å². The molecule has 112 valence electrons. The molecule has 2 N–H and O–H groups in total. The van der Waals surface area contributed by atoms with E-state index in [2.05, 4.69) is 29.2 Å². The van der Waals surface area contributed by atoms with E-state index in [-0.39, 0.29) is 0 Å². The molecule has 0 atom stereocenters. The Labute approximate surface area is 133 Å². The lowest BCUT2D eigenvalue weighted by Gasteiger charge is -2.10. The first-order valence-corrected chi connectivity index (χ1v) is 7.57. The monoisotopic (exact) mass is 312 g/mol. The van der Waals surface area contributed by atoms with Gasteiger partial charge in [0.25, 0.3) is 0 Å². The molecule has 1 aromatic heterocycles. The molecular formula is C17H16N2O2S. The van der Waals surface area contributed by atoms with Crippen molar-refractivity contribution in [2.45, 2.75) is 0 Å². The molecule has 1 heterocycles. The predicted molar refractivity (Wildman–Crippen MR) is 90.5 cm³/mol. The zero-order valence-corrected chi connectivity index (χ0v) is 13.2. The van der Waals surface area contributed by atoms with Crippen LogP contribution in [0.2, 0.25) is 0 Å². The molecule has 0 bridgehead atoms. The average Bonchev–Trinajstić information content (AvgIpc) is 3.01. The van der Waals surface area contributed by atoms with E-state index < -0.39 is 0 Å². The molecule has 0 saturated carbocycles. The van der Waals surface area contributed by atoms with Crippen molar-refractivity contribution in [1.29, 1.82) is 0 Å². The van der Waals surface area contributed by atoms with Crippen LogP contribution in [0.3, 0.4) is 0 Å². The van der Waals surface area contributed by atoms with Crippen molar-refractivity contribution in [3.63, 3.8) is 0 Å². The van der Waals surface area contributed by atoms with Crippen LogP contribution in [0, 0.1) is 0 Å². The number of benzene rings is 2. The third kappa shape index (κ3) is 2.76. The minimum atomic E-state index is 0.582. The van der Waals surface area contributed by atoms with E-state index in [0.717, 1.165) is 33.1 Å². The highest BCUT2D eigenvalue weighted by Crippen LogP contribution is 2.34. The number of ether oxygens (including phenoxy) is 2. The van der Waals surface area contributed by atoms with Crippen LogP contribution in [0.5, 0.6) is 11.5 Å². The maximum Gasteiger partial charge on any atom is 0.180 e. The summed E-state index contributed by atoms with van der Waals surface area (Å²) in [5.41, 5.74) is 8.98. The molecule has 0 aliphatic heterocycles. The zero-order chi connectivity index (χ0) is 15.5. The zero-order valence-electron chi connectivity index (χ0n) is 12.4. The third-order valence-electron chi connectivity index (χ3n) is 3.41. The smallest absolute Gasteiger partial charge is 0.180 e. The molecule has 22 heavy (non-hydrogen) atoms. The number of rotatable bonds is 4. The minimum Gasteiger partial charge on any atom is -0.493 e. The summed E-state index contributed by atoms with van der Waals surface area (Å²) >= 11 is 1.48. The van der Waals surface area contributed by atoms with Crippen LogP contribution in [0.4, 0.5) is 5.13 Å². The van der Waals surface area contributed by atoms with Gasteiger partial charge in [-0.3, -0.25) is 0 Å². The van der Waals surface area contributed by atoms with Crippen molar-refractivity contribution >= 4 is 16.5 Å². The fourth-order valence-corrected chi connectivity index (χ4v) is 2.95. The van der Waals surface area contributed by atoms with Gasteiger partial charge in [0, 0.05) is 6.20 Å². The number of nitrogens with two attached hydrogens (primary N) is 1. The van der Waals surface area contributed by atoms with Gasteiger partial charge >= 0.3 is 0 Å². The molecule has 0 fully saturated rings. The van der Waals surface area contributed by atoms with E-state index in [1.165, 1.54) is 11.3 Å². The summed E-state index contributed by atoms with van der Waals surface area (Å²) in [5, 5.41) is 0.582. The Kier molecular flexibility index (Phi) is 3.98. The maximum atomic E-state index is 5.68. The minimum absolute atomic E-state index is 0.582. The van der Waals surface area contributed by atoms with Gasteiger partial charge in [0.05, 0.1) is 19.1 Å². The second-order valence-electron chi connectivity index (χ2n) is 4.71. The summed E-state index contributed by atoms with van der Waals surface area (Å²) in [6.45, 7) is 0. The molecule has 0 unspecified atom stereocenters. The molecule has 0 amide bonds. The Bertz CT molecular complexity index is 782. The van der Waals surface area contributed by atoms with Crippen molar-refractivity contribution in [3.8, 4) is 33.1 Å². The molecule has 4 nitrogen and oxygen atoms in total. The predicted octanol–water partition coefficient (Wildman–Crippen LogP) is 4.08. The lowest BCUT2D eigenvalue weighted by atomic mass is 10.0. The van der Waals surface area contributed by atoms with E-state index >= 15 is 0 Å². The second kappa shape index (κ2) is 6.07. The van der Waals surface area contributed by atoms with Gasteiger partial charge in [-0.15, -0.1) is 0 Å². The van der Waals surface area contributed by atoms with E-state index in [1.807, 2.05) is 18.2 Å². The number of nitrogens with zero attached hydrogens (tertiary/aromatic N) is 1. The summed E-state index contributed by atoms with van der Waals surface area (Å²) in [4.78, 5) is 5.15. The van der Waals surface area contributed by atoms with Gasteiger partial charge in [0.15, 0.2) is 16.6 Å². The molecule has 3 rings (SSSR count). The summed E-state index contributed by atoms with van der Waals surface area (Å²) in [5.74, 6) is 1.45. The fraction of sp³-hybridized carbons (Fsp3) is 0.118. The number of anilines is 1. The summed E-state index contributed by atoms with van der Waals surface area (Å²) in [6, 6.07) is 14.2. The maximum absolute atomic E-state index is 5.68.